The molecule has 1 saturated carbocycles. The summed E-state index contributed by atoms with van der Waals surface area (Å²) in [5.74, 6) is 1.02. The van der Waals surface area contributed by atoms with Crippen LogP contribution in [0.4, 0.5) is 0 Å². The Morgan fingerprint density at radius 2 is 1.95 bits per heavy atom. The van der Waals surface area contributed by atoms with Gasteiger partial charge < -0.3 is 4.74 Å². The van der Waals surface area contributed by atoms with E-state index in [0.717, 1.165) is 10.2 Å². The normalized spacial score (nSPS) is 19.4. The first-order chi connectivity index (χ1) is 9.13. The molecule has 1 fully saturated rings. The number of rotatable bonds is 5. The number of benzene rings is 1. The zero-order chi connectivity index (χ0) is 13.9. The highest BCUT2D eigenvalue weighted by atomic mass is 79.9. The largest absolute Gasteiger partial charge is 0.494 e. The van der Waals surface area contributed by atoms with Crippen LogP contribution < -0.4 is 4.74 Å². The van der Waals surface area contributed by atoms with Crippen LogP contribution in [-0.2, 0) is 0 Å². The Morgan fingerprint density at radius 3 is 2.53 bits per heavy atom. The fraction of sp³-hybridized carbons (Fsp3) is 0.625. The van der Waals surface area contributed by atoms with Gasteiger partial charge in [0, 0.05) is 14.9 Å². The summed E-state index contributed by atoms with van der Waals surface area (Å²) >= 11 is 7.57. The Kier molecular flexibility index (Phi) is 5.36. The minimum Gasteiger partial charge on any atom is -0.494 e. The molecule has 0 bridgehead atoms. The molecule has 1 aliphatic rings. The molecular formula is C16H22Br2O. The predicted octanol–water partition coefficient (Wildman–Crippen LogP) is 6.25. The number of ether oxygens (including phenoxy) is 1. The first-order valence-corrected chi connectivity index (χ1v) is 8.90. The maximum atomic E-state index is 5.81. The highest BCUT2D eigenvalue weighted by molar-refractivity contribution is 9.10. The van der Waals surface area contributed by atoms with E-state index in [1.54, 1.807) is 0 Å². The molecule has 0 aromatic heterocycles. The van der Waals surface area contributed by atoms with Crippen LogP contribution in [0.5, 0.6) is 5.75 Å². The molecule has 1 unspecified atom stereocenters. The molecule has 19 heavy (non-hydrogen) atoms. The molecule has 1 aromatic rings. The van der Waals surface area contributed by atoms with Crippen molar-refractivity contribution in [3.63, 3.8) is 0 Å². The maximum Gasteiger partial charge on any atom is 0.123 e. The number of hydrogen-bond acceptors (Lipinski definition) is 1. The molecule has 0 N–H and O–H groups in total. The number of alkyl halides is 1. The van der Waals surface area contributed by atoms with E-state index in [0.29, 0.717) is 16.8 Å². The summed E-state index contributed by atoms with van der Waals surface area (Å²) in [5.41, 5.74) is 1.69. The second kappa shape index (κ2) is 6.62. The number of hydrogen-bond donors (Lipinski definition) is 0. The predicted molar refractivity (Wildman–Crippen MR) is 88.2 cm³/mol. The van der Waals surface area contributed by atoms with Crippen molar-refractivity contribution in [1.29, 1.82) is 0 Å². The average molecular weight is 390 g/mol. The van der Waals surface area contributed by atoms with Gasteiger partial charge in [0.05, 0.1) is 6.61 Å². The summed E-state index contributed by atoms with van der Waals surface area (Å²) in [6.45, 7) is 5.08. The van der Waals surface area contributed by atoms with Crippen LogP contribution in [0.25, 0.3) is 0 Å². The van der Waals surface area contributed by atoms with Crippen LogP contribution in [0.15, 0.2) is 22.7 Å². The van der Waals surface area contributed by atoms with Gasteiger partial charge >= 0.3 is 0 Å². The van der Waals surface area contributed by atoms with Gasteiger partial charge in [-0.2, -0.15) is 0 Å². The van der Waals surface area contributed by atoms with E-state index in [4.69, 9.17) is 4.74 Å². The topological polar surface area (TPSA) is 9.23 Å². The van der Waals surface area contributed by atoms with E-state index in [1.807, 2.05) is 6.92 Å². The minimum atomic E-state index is 0.381. The molecule has 0 aliphatic heterocycles. The monoisotopic (exact) mass is 388 g/mol. The van der Waals surface area contributed by atoms with Crippen molar-refractivity contribution in [1.82, 2.24) is 0 Å². The van der Waals surface area contributed by atoms with Gasteiger partial charge in [-0.1, -0.05) is 51.6 Å². The molecule has 106 valence electrons. The summed E-state index contributed by atoms with van der Waals surface area (Å²) in [6.07, 6.45) is 6.57. The van der Waals surface area contributed by atoms with Crippen LogP contribution in [0, 0.1) is 5.41 Å². The lowest BCUT2D eigenvalue weighted by atomic mass is 9.77. The third kappa shape index (κ3) is 3.18. The van der Waals surface area contributed by atoms with Gasteiger partial charge in [0.1, 0.15) is 5.75 Å². The van der Waals surface area contributed by atoms with Crippen molar-refractivity contribution < 1.29 is 4.74 Å². The molecule has 1 nitrogen and oxygen atoms in total. The highest BCUT2D eigenvalue weighted by Gasteiger charge is 2.40. The van der Waals surface area contributed by atoms with Crippen molar-refractivity contribution in [2.45, 2.75) is 50.8 Å². The summed E-state index contributed by atoms with van der Waals surface area (Å²) in [5, 5.41) is 0. The lowest BCUT2D eigenvalue weighted by Crippen LogP contribution is -2.21. The van der Waals surface area contributed by atoms with Gasteiger partial charge in [0.25, 0.3) is 0 Å². The van der Waals surface area contributed by atoms with E-state index in [-0.39, 0.29) is 0 Å². The molecule has 0 spiro atoms. The highest BCUT2D eigenvalue weighted by Crippen LogP contribution is 2.55. The van der Waals surface area contributed by atoms with Crippen molar-refractivity contribution >= 4 is 31.9 Å². The van der Waals surface area contributed by atoms with Crippen LogP contribution in [-0.4, -0.2) is 6.61 Å². The second-order valence-electron chi connectivity index (χ2n) is 5.40. The SMILES string of the molecule is CCOc1ccc(Br)cc1C(Br)C1(CC)CCCC1. The van der Waals surface area contributed by atoms with E-state index < -0.39 is 0 Å². The molecule has 0 radical (unpaired) electrons. The third-order valence-corrected chi connectivity index (χ3v) is 6.34. The lowest BCUT2D eigenvalue weighted by molar-refractivity contribution is 0.270. The second-order valence-corrected chi connectivity index (χ2v) is 7.23. The Bertz CT molecular complexity index is 425. The Hall–Kier alpha value is -0.0200. The van der Waals surface area contributed by atoms with Crippen molar-refractivity contribution in [2.24, 2.45) is 5.41 Å². The molecule has 0 amide bonds. The summed E-state index contributed by atoms with van der Waals surface area (Å²) < 4.78 is 6.94. The van der Waals surface area contributed by atoms with Crippen molar-refractivity contribution in [3.05, 3.63) is 28.2 Å². The van der Waals surface area contributed by atoms with E-state index in [9.17, 15) is 0 Å². The number of halogens is 2. The average Bonchev–Trinajstić information content (AvgIpc) is 2.90. The fourth-order valence-electron chi connectivity index (χ4n) is 3.20. The summed E-state index contributed by atoms with van der Waals surface area (Å²) in [6, 6.07) is 6.34. The zero-order valence-electron chi connectivity index (χ0n) is 11.7. The van der Waals surface area contributed by atoms with Crippen LogP contribution in [0.2, 0.25) is 0 Å². The Balaban J connectivity index is 2.36. The summed E-state index contributed by atoms with van der Waals surface area (Å²) in [4.78, 5) is 0.381. The molecule has 1 atom stereocenters. The standard InChI is InChI=1S/C16H22Br2O/c1-3-16(9-5-6-10-16)15(18)13-11-12(17)7-8-14(13)19-4-2/h7-8,11,15H,3-6,9-10H2,1-2H3. The first kappa shape index (κ1) is 15.4. The summed E-state index contributed by atoms with van der Waals surface area (Å²) in [7, 11) is 0. The van der Waals surface area contributed by atoms with Crippen LogP contribution in [0.3, 0.4) is 0 Å². The van der Waals surface area contributed by atoms with Crippen molar-refractivity contribution in [2.75, 3.05) is 6.61 Å². The van der Waals surface area contributed by atoms with E-state index in [1.165, 1.54) is 37.7 Å². The van der Waals surface area contributed by atoms with Gasteiger partial charge in [-0.25, -0.2) is 0 Å². The molecule has 1 aromatic carbocycles. The van der Waals surface area contributed by atoms with Gasteiger partial charge in [0.15, 0.2) is 0 Å². The van der Waals surface area contributed by atoms with E-state index >= 15 is 0 Å². The molecular weight excluding hydrogens is 368 g/mol. The van der Waals surface area contributed by atoms with Crippen LogP contribution >= 0.6 is 31.9 Å². The molecule has 3 heteroatoms. The molecule has 2 rings (SSSR count). The Morgan fingerprint density at radius 1 is 1.26 bits per heavy atom. The quantitative estimate of drug-likeness (QED) is 0.540. The fourth-order valence-corrected chi connectivity index (χ4v) is 4.72. The third-order valence-electron chi connectivity index (χ3n) is 4.39. The smallest absolute Gasteiger partial charge is 0.123 e. The lowest BCUT2D eigenvalue weighted by Gasteiger charge is -2.34. The van der Waals surface area contributed by atoms with Gasteiger partial charge in [0.2, 0.25) is 0 Å². The minimum absolute atomic E-state index is 0.381. The first-order valence-electron chi connectivity index (χ1n) is 7.19. The van der Waals surface area contributed by atoms with Gasteiger partial charge in [-0.3, -0.25) is 0 Å². The van der Waals surface area contributed by atoms with Gasteiger partial charge in [-0.15, -0.1) is 0 Å². The Labute approximate surface area is 133 Å². The molecule has 0 saturated heterocycles. The van der Waals surface area contributed by atoms with Crippen molar-refractivity contribution in [3.8, 4) is 5.75 Å². The van der Waals surface area contributed by atoms with Gasteiger partial charge in [-0.05, 0) is 49.8 Å². The van der Waals surface area contributed by atoms with Crippen LogP contribution in [0.1, 0.15) is 56.3 Å². The molecule has 1 aliphatic carbocycles. The zero-order valence-corrected chi connectivity index (χ0v) is 14.9. The molecule has 0 heterocycles. The maximum absolute atomic E-state index is 5.81. The van der Waals surface area contributed by atoms with E-state index in [2.05, 4.69) is 57.0 Å².